The van der Waals surface area contributed by atoms with E-state index < -0.39 is 23.8 Å². The SMILES string of the molecule is CN(Cc1ccc2c(c1)C(=O)N(C1CCC(=O)NC1=O)C2=O)CC1CCN1. The number of piperidine rings is 1. The molecule has 1 aromatic rings. The van der Waals surface area contributed by atoms with Gasteiger partial charge in [-0.1, -0.05) is 6.07 Å². The van der Waals surface area contributed by atoms with Gasteiger partial charge in [0.1, 0.15) is 6.04 Å². The Morgan fingerprint density at radius 2 is 1.85 bits per heavy atom. The van der Waals surface area contributed by atoms with Crippen LogP contribution in [0.25, 0.3) is 0 Å². The number of carbonyl (C=O) groups is 4. The molecule has 27 heavy (non-hydrogen) atoms. The fourth-order valence-corrected chi connectivity index (χ4v) is 3.87. The van der Waals surface area contributed by atoms with Crippen LogP contribution in [0.2, 0.25) is 0 Å². The number of nitrogens with zero attached hydrogens (tertiary/aromatic N) is 2. The van der Waals surface area contributed by atoms with Crippen molar-refractivity contribution < 1.29 is 19.2 Å². The predicted octanol–water partition coefficient (Wildman–Crippen LogP) is -0.118. The van der Waals surface area contributed by atoms with Crippen molar-refractivity contribution >= 4 is 23.6 Å². The molecule has 3 aliphatic heterocycles. The normalized spacial score (nSPS) is 24.9. The van der Waals surface area contributed by atoms with Crippen LogP contribution in [0.15, 0.2) is 18.2 Å². The van der Waals surface area contributed by atoms with Crippen LogP contribution in [-0.4, -0.2) is 65.6 Å². The molecule has 0 aromatic heterocycles. The van der Waals surface area contributed by atoms with Gasteiger partial charge in [-0.05, 0) is 44.1 Å². The van der Waals surface area contributed by atoms with Gasteiger partial charge in [0.05, 0.1) is 11.1 Å². The van der Waals surface area contributed by atoms with Gasteiger partial charge >= 0.3 is 0 Å². The lowest BCUT2D eigenvalue weighted by Crippen LogP contribution is -2.54. The Balaban J connectivity index is 1.51. The van der Waals surface area contributed by atoms with E-state index in [1.165, 1.54) is 6.42 Å². The molecule has 1 aromatic carbocycles. The van der Waals surface area contributed by atoms with Gasteiger partial charge in [-0.15, -0.1) is 0 Å². The van der Waals surface area contributed by atoms with Crippen molar-refractivity contribution in [3.63, 3.8) is 0 Å². The molecule has 8 nitrogen and oxygen atoms in total. The number of likely N-dealkylation sites (N-methyl/N-ethyl adjacent to an activating group) is 1. The van der Waals surface area contributed by atoms with Gasteiger partial charge in [0.15, 0.2) is 0 Å². The highest BCUT2D eigenvalue weighted by Gasteiger charge is 2.44. The molecule has 142 valence electrons. The van der Waals surface area contributed by atoms with E-state index in [0.717, 1.165) is 23.6 Å². The standard InChI is InChI=1S/C19H22N4O4/c1-22(10-12-6-7-20-12)9-11-2-3-13-14(8-11)19(27)23(18(13)26)15-4-5-16(24)21-17(15)25/h2-3,8,12,15,20H,4-7,9-10H2,1H3,(H,21,24,25). The lowest BCUT2D eigenvalue weighted by Gasteiger charge is -2.31. The van der Waals surface area contributed by atoms with Crippen LogP contribution >= 0.6 is 0 Å². The Labute approximate surface area is 156 Å². The van der Waals surface area contributed by atoms with E-state index >= 15 is 0 Å². The fraction of sp³-hybridized carbons (Fsp3) is 0.474. The van der Waals surface area contributed by atoms with E-state index in [1.807, 2.05) is 13.1 Å². The lowest BCUT2D eigenvalue weighted by molar-refractivity contribution is -0.136. The van der Waals surface area contributed by atoms with Crippen LogP contribution in [-0.2, 0) is 16.1 Å². The minimum atomic E-state index is -0.925. The van der Waals surface area contributed by atoms with Crippen LogP contribution in [0, 0.1) is 0 Å². The second-order valence-electron chi connectivity index (χ2n) is 7.46. The molecule has 4 rings (SSSR count). The molecule has 8 heteroatoms. The zero-order valence-electron chi connectivity index (χ0n) is 15.2. The third kappa shape index (κ3) is 3.26. The van der Waals surface area contributed by atoms with Crippen LogP contribution in [0.3, 0.4) is 0 Å². The zero-order valence-corrected chi connectivity index (χ0v) is 15.2. The summed E-state index contributed by atoms with van der Waals surface area (Å²) >= 11 is 0. The van der Waals surface area contributed by atoms with Crippen LogP contribution in [0.4, 0.5) is 0 Å². The van der Waals surface area contributed by atoms with Gasteiger partial charge < -0.3 is 10.2 Å². The maximum absolute atomic E-state index is 12.8. The van der Waals surface area contributed by atoms with Crippen LogP contribution in [0.5, 0.6) is 0 Å². The molecular weight excluding hydrogens is 348 g/mol. The predicted molar refractivity (Wildman–Crippen MR) is 95.9 cm³/mol. The van der Waals surface area contributed by atoms with Crippen molar-refractivity contribution in [3.05, 3.63) is 34.9 Å². The number of rotatable bonds is 5. The summed E-state index contributed by atoms with van der Waals surface area (Å²) in [5.41, 5.74) is 1.59. The molecule has 0 spiro atoms. The highest BCUT2D eigenvalue weighted by Crippen LogP contribution is 2.28. The number of imide groups is 2. The Kier molecular flexibility index (Phi) is 4.53. The lowest BCUT2D eigenvalue weighted by atomic mass is 10.0. The van der Waals surface area contributed by atoms with Crippen molar-refractivity contribution in [2.75, 3.05) is 20.1 Å². The second kappa shape index (κ2) is 6.86. The van der Waals surface area contributed by atoms with Gasteiger partial charge in [-0.3, -0.25) is 29.4 Å². The van der Waals surface area contributed by atoms with Gasteiger partial charge in [-0.2, -0.15) is 0 Å². The average molecular weight is 370 g/mol. The number of fused-ring (bicyclic) bond motifs is 1. The molecule has 0 aliphatic carbocycles. The Morgan fingerprint density at radius 1 is 1.11 bits per heavy atom. The molecule has 4 amide bonds. The molecule has 2 saturated heterocycles. The largest absolute Gasteiger partial charge is 0.313 e. The quantitative estimate of drug-likeness (QED) is 0.702. The minimum absolute atomic E-state index is 0.120. The molecule has 2 fully saturated rings. The van der Waals surface area contributed by atoms with Gasteiger partial charge in [-0.25, -0.2) is 0 Å². The summed E-state index contributed by atoms with van der Waals surface area (Å²) in [5.74, 6) is -1.90. The number of amides is 4. The van der Waals surface area contributed by atoms with Gasteiger partial charge in [0, 0.05) is 25.6 Å². The zero-order chi connectivity index (χ0) is 19.1. The van der Waals surface area contributed by atoms with Crippen molar-refractivity contribution in [1.82, 2.24) is 20.4 Å². The highest BCUT2D eigenvalue weighted by molar-refractivity contribution is 6.23. The molecular formula is C19H22N4O4. The highest BCUT2D eigenvalue weighted by atomic mass is 16.2. The molecule has 3 aliphatic rings. The Bertz CT molecular complexity index is 833. The van der Waals surface area contributed by atoms with E-state index in [-0.39, 0.29) is 18.7 Å². The van der Waals surface area contributed by atoms with Crippen molar-refractivity contribution in [3.8, 4) is 0 Å². The second-order valence-corrected chi connectivity index (χ2v) is 7.46. The first-order valence-electron chi connectivity index (χ1n) is 9.20. The first-order chi connectivity index (χ1) is 12.9. The molecule has 2 atom stereocenters. The maximum atomic E-state index is 12.8. The van der Waals surface area contributed by atoms with Gasteiger partial charge in [0.2, 0.25) is 11.8 Å². The molecule has 0 bridgehead atoms. The molecule has 0 radical (unpaired) electrons. The first kappa shape index (κ1) is 17.8. The van der Waals surface area contributed by atoms with Crippen molar-refractivity contribution in [1.29, 1.82) is 0 Å². The summed E-state index contributed by atoms with van der Waals surface area (Å²) in [7, 11) is 2.02. The molecule has 0 saturated carbocycles. The van der Waals surface area contributed by atoms with E-state index in [4.69, 9.17) is 0 Å². The summed E-state index contributed by atoms with van der Waals surface area (Å²) in [6, 6.07) is 4.84. The molecule has 3 heterocycles. The van der Waals surface area contributed by atoms with E-state index in [2.05, 4.69) is 15.5 Å². The molecule has 2 N–H and O–H groups in total. The summed E-state index contributed by atoms with van der Waals surface area (Å²) in [5, 5.41) is 5.56. The Morgan fingerprint density at radius 3 is 2.52 bits per heavy atom. The smallest absolute Gasteiger partial charge is 0.262 e. The first-order valence-corrected chi connectivity index (χ1v) is 9.20. The number of nitrogens with one attached hydrogen (secondary N) is 2. The van der Waals surface area contributed by atoms with Crippen LogP contribution < -0.4 is 10.6 Å². The average Bonchev–Trinajstić information content (AvgIpc) is 2.83. The van der Waals surface area contributed by atoms with E-state index in [1.54, 1.807) is 12.1 Å². The summed E-state index contributed by atoms with van der Waals surface area (Å²) in [6.45, 7) is 2.65. The number of hydrogen-bond acceptors (Lipinski definition) is 6. The maximum Gasteiger partial charge on any atom is 0.262 e. The summed E-state index contributed by atoms with van der Waals surface area (Å²) < 4.78 is 0. The van der Waals surface area contributed by atoms with Crippen molar-refractivity contribution in [2.24, 2.45) is 0 Å². The topological polar surface area (TPSA) is 98.8 Å². The monoisotopic (exact) mass is 370 g/mol. The van der Waals surface area contributed by atoms with Crippen LogP contribution in [0.1, 0.15) is 45.5 Å². The number of carbonyl (C=O) groups excluding carboxylic acids is 4. The minimum Gasteiger partial charge on any atom is -0.313 e. The fourth-order valence-electron chi connectivity index (χ4n) is 3.87. The third-order valence-electron chi connectivity index (χ3n) is 5.41. The summed E-state index contributed by atoms with van der Waals surface area (Å²) in [6.07, 6.45) is 1.46. The van der Waals surface area contributed by atoms with Crippen molar-refractivity contribution in [2.45, 2.75) is 37.9 Å². The number of benzene rings is 1. The summed E-state index contributed by atoms with van der Waals surface area (Å²) in [4.78, 5) is 52.1. The Hall–Kier alpha value is -2.58. The molecule has 2 unspecified atom stereocenters. The van der Waals surface area contributed by atoms with E-state index in [0.29, 0.717) is 23.7 Å². The number of hydrogen-bond donors (Lipinski definition) is 2. The van der Waals surface area contributed by atoms with E-state index in [9.17, 15) is 19.2 Å². The van der Waals surface area contributed by atoms with Gasteiger partial charge in [0.25, 0.3) is 11.8 Å². The third-order valence-corrected chi connectivity index (χ3v) is 5.41.